The molecule has 2 amide bonds. The van der Waals surface area contributed by atoms with E-state index >= 15 is 0 Å². The van der Waals surface area contributed by atoms with E-state index in [1.54, 1.807) is 12.1 Å². The van der Waals surface area contributed by atoms with Gasteiger partial charge in [0.25, 0.3) is 0 Å². The maximum absolute atomic E-state index is 13.6. The fourth-order valence-corrected chi connectivity index (χ4v) is 5.77. The van der Waals surface area contributed by atoms with Crippen LogP contribution in [0.2, 0.25) is 0 Å². The summed E-state index contributed by atoms with van der Waals surface area (Å²) in [6.45, 7) is 7.09. The Bertz CT molecular complexity index is 987. The minimum absolute atomic E-state index is 0.0772. The molecule has 0 N–H and O–H groups in total. The van der Waals surface area contributed by atoms with Crippen molar-refractivity contribution in [3.8, 4) is 6.07 Å². The largest absolute Gasteiger partial charge is 0.417 e. The van der Waals surface area contributed by atoms with Gasteiger partial charge >= 0.3 is 6.18 Å². The first-order valence-corrected chi connectivity index (χ1v) is 12.0. The fourth-order valence-electron chi connectivity index (χ4n) is 5.77. The van der Waals surface area contributed by atoms with Crippen LogP contribution in [0.4, 0.5) is 18.9 Å². The van der Waals surface area contributed by atoms with Crippen molar-refractivity contribution < 1.29 is 22.8 Å². The number of halogens is 3. The number of carbonyl (C=O) groups excluding carboxylic acids is 2. The number of nitrogens with zero attached hydrogens (tertiary/aromatic N) is 4. The maximum Gasteiger partial charge on any atom is 0.417 e. The lowest BCUT2D eigenvalue weighted by molar-refractivity contribution is -0.141. The first-order valence-electron chi connectivity index (χ1n) is 12.0. The van der Waals surface area contributed by atoms with Crippen LogP contribution >= 0.6 is 0 Å². The number of alkyl halides is 3. The van der Waals surface area contributed by atoms with Gasteiger partial charge in [-0.05, 0) is 43.9 Å². The van der Waals surface area contributed by atoms with Crippen molar-refractivity contribution in [3.05, 3.63) is 29.3 Å². The molecule has 6 nitrogen and oxygen atoms in total. The number of rotatable bonds is 3. The number of benzene rings is 1. The van der Waals surface area contributed by atoms with E-state index in [4.69, 9.17) is 5.26 Å². The summed E-state index contributed by atoms with van der Waals surface area (Å²) in [6.07, 6.45) is -1.40. The summed E-state index contributed by atoms with van der Waals surface area (Å²) >= 11 is 0. The summed E-state index contributed by atoms with van der Waals surface area (Å²) in [5, 5.41) is 9.14. The summed E-state index contributed by atoms with van der Waals surface area (Å²) in [5.41, 5.74) is -1.37. The second-order valence-corrected chi connectivity index (χ2v) is 10.1. The number of hydrogen-bond donors (Lipinski definition) is 0. The van der Waals surface area contributed by atoms with E-state index < -0.39 is 17.3 Å². The molecule has 0 bridgehead atoms. The first-order chi connectivity index (χ1) is 16.1. The van der Waals surface area contributed by atoms with Crippen LogP contribution in [0, 0.1) is 28.6 Å². The molecule has 1 atom stereocenters. The highest BCUT2D eigenvalue weighted by molar-refractivity contribution is 5.82. The maximum atomic E-state index is 13.6. The smallest absolute Gasteiger partial charge is 0.370 e. The standard InChI is InChI=1S/C25H31F3N4O2/c1-17(2)22(33)31-11-7-24(8-12-31)16-32(15-21(24)23(34)30-9-3-4-10-30)19-6-5-18(14-29)20(13-19)25(26,27)28/h5-6,13,17,21H,3-4,7-12,15-16H2,1-2H3. The van der Waals surface area contributed by atoms with Gasteiger partial charge in [-0.1, -0.05) is 13.8 Å². The molecule has 3 heterocycles. The highest BCUT2D eigenvalue weighted by atomic mass is 19.4. The lowest BCUT2D eigenvalue weighted by atomic mass is 9.70. The molecule has 1 spiro atoms. The Morgan fingerprint density at radius 2 is 1.74 bits per heavy atom. The molecule has 3 aliphatic rings. The minimum atomic E-state index is -4.63. The molecular formula is C25H31F3N4O2. The monoisotopic (exact) mass is 476 g/mol. The number of piperidine rings is 1. The molecule has 3 saturated heterocycles. The molecule has 0 saturated carbocycles. The first kappa shape index (κ1) is 24.4. The zero-order valence-corrected chi connectivity index (χ0v) is 19.7. The van der Waals surface area contributed by atoms with Crippen molar-refractivity contribution in [2.45, 2.75) is 45.7 Å². The van der Waals surface area contributed by atoms with Crippen molar-refractivity contribution in [1.82, 2.24) is 9.80 Å². The van der Waals surface area contributed by atoms with Gasteiger partial charge in [0.1, 0.15) is 0 Å². The normalized spacial score (nSPS) is 22.5. The third-order valence-corrected chi connectivity index (χ3v) is 7.72. The summed E-state index contributed by atoms with van der Waals surface area (Å²) in [7, 11) is 0. The van der Waals surface area contributed by atoms with E-state index in [2.05, 4.69) is 0 Å². The predicted octanol–water partition coefficient (Wildman–Crippen LogP) is 3.90. The predicted molar refractivity (Wildman–Crippen MR) is 121 cm³/mol. The van der Waals surface area contributed by atoms with Gasteiger partial charge in [-0.25, -0.2) is 0 Å². The Balaban J connectivity index is 1.63. The van der Waals surface area contributed by atoms with Gasteiger partial charge in [0, 0.05) is 56.3 Å². The second-order valence-electron chi connectivity index (χ2n) is 10.1. The van der Waals surface area contributed by atoms with E-state index in [9.17, 15) is 22.8 Å². The molecule has 1 aromatic rings. The summed E-state index contributed by atoms with van der Waals surface area (Å²) in [5.74, 6) is -0.259. The van der Waals surface area contributed by atoms with Crippen LogP contribution in [0.25, 0.3) is 0 Å². The molecule has 4 rings (SSSR count). The van der Waals surface area contributed by atoms with Crippen molar-refractivity contribution >= 4 is 17.5 Å². The number of carbonyl (C=O) groups is 2. The molecule has 184 valence electrons. The summed E-state index contributed by atoms with van der Waals surface area (Å²) < 4.78 is 40.7. The van der Waals surface area contributed by atoms with E-state index in [1.807, 2.05) is 28.5 Å². The summed E-state index contributed by atoms with van der Waals surface area (Å²) in [6, 6.07) is 5.42. The summed E-state index contributed by atoms with van der Waals surface area (Å²) in [4.78, 5) is 31.7. The Morgan fingerprint density at radius 1 is 1.09 bits per heavy atom. The van der Waals surface area contributed by atoms with Gasteiger partial charge in [0.15, 0.2) is 0 Å². The molecule has 0 radical (unpaired) electrons. The Hall–Kier alpha value is -2.76. The topological polar surface area (TPSA) is 67.6 Å². The average molecular weight is 477 g/mol. The van der Waals surface area contributed by atoms with Gasteiger partial charge in [-0.2, -0.15) is 18.4 Å². The zero-order chi connectivity index (χ0) is 24.7. The number of amides is 2. The Morgan fingerprint density at radius 3 is 2.29 bits per heavy atom. The molecule has 9 heteroatoms. The Kier molecular flexibility index (Phi) is 6.54. The van der Waals surface area contributed by atoms with E-state index in [1.165, 1.54) is 6.07 Å². The minimum Gasteiger partial charge on any atom is -0.370 e. The number of nitriles is 1. The molecule has 0 aliphatic carbocycles. The SMILES string of the molecule is CC(C)C(=O)N1CCC2(CC1)CN(c1ccc(C#N)c(C(F)(F)F)c1)CC2C(=O)N1CCCC1. The highest BCUT2D eigenvalue weighted by Crippen LogP contribution is 2.48. The third kappa shape index (κ3) is 4.47. The fraction of sp³-hybridized carbons (Fsp3) is 0.640. The van der Waals surface area contributed by atoms with Crippen molar-refractivity contribution in [2.24, 2.45) is 17.3 Å². The van der Waals surface area contributed by atoms with Crippen LogP contribution in [-0.2, 0) is 15.8 Å². The molecule has 0 aromatic heterocycles. The van der Waals surface area contributed by atoms with Crippen LogP contribution < -0.4 is 4.90 Å². The molecule has 1 aromatic carbocycles. The van der Waals surface area contributed by atoms with Gasteiger partial charge in [-0.3, -0.25) is 9.59 Å². The highest BCUT2D eigenvalue weighted by Gasteiger charge is 2.53. The van der Waals surface area contributed by atoms with E-state index in [-0.39, 0.29) is 29.1 Å². The van der Waals surface area contributed by atoms with Crippen LogP contribution in [-0.4, -0.2) is 60.9 Å². The lowest BCUT2D eigenvalue weighted by Crippen LogP contribution is -2.50. The lowest BCUT2D eigenvalue weighted by Gasteiger charge is -2.43. The zero-order valence-electron chi connectivity index (χ0n) is 19.7. The molecule has 3 aliphatic heterocycles. The second kappa shape index (κ2) is 9.12. The van der Waals surface area contributed by atoms with E-state index in [0.29, 0.717) is 44.7 Å². The average Bonchev–Trinajstić information content (AvgIpc) is 3.47. The molecule has 1 unspecified atom stereocenters. The molecule has 3 fully saturated rings. The molecule has 34 heavy (non-hydrogen) atoms. The van der Waals surface area contributed by atoms with Crippen LogP contribution in [0.3, 0.4) is 0 Å². The van der Waals surface area contributed by atoms with Crippen molar-refractivity contribution in [1.29, 1.82) is 5.26 Å². The Labute approximate surface area is 198 Å². The van der Waals surface area contributed by atoms with Crippen LogP contribution in [0.5, 0.6) is 0 Å². The number of hydrogen-bond acceptors (Lipinski definition) is 4. The van der Waals surface area contributed by atoms with Gasteiger partial charge in [0.2, 0.25) is 11.8 Å². The number of anilines is 1. The third-order valence-electron chi connectivity index (χ3n) is 7.72. The number of likely N-dealkylation sites (tertiary alicyclic amines) is 2. The van der Waals surface area contributed by atoms with Gasteiger partial charge < -0.3 is 14.7 Å². The van der Waals surface area contributed by atoms with Crippen molar-refractivity contribution in [2.75, 3.05) is 44.2 Å². The van der Waals surface area contributed by atoms with Crippen molar-refractivity contribution in [3.63, 3.8) is 0 Å². The quantitative estimate of drug-likeness (QED) is 0.664. The van der Waals surface area contributed by atoms with Gasteiger partial charge in [-0.15, -0.1) is 0 Å². The van der Waals surface area contributed by atoms with Crippen LogP contribution in [0.15, 0.2) is 18.2 Å². The van der Waals surface area contributed by atoms with Crippen LogP contribution in [0.1, 0.15) is 50.7 Å². The van der Waals surface area contributed by atoms with Gasteiger partial charge in [0.05, 0.1) is 23.1 Å². The van der Waals surface area contributed by atoms with E-state index in [0.717, 1.165) is 32.0 Å². The molecular weight excluding hydrogens is 445 g/mol.